The molecule has 0 unspecified atom stereocenters. The highest BCUT2D eigenvalue weighted by atomic mass is 79.9. The van der Waals surface area contributed by atoms with Crippen LogP contribution in [0.5, 0.6) is 5.75 Å². The molecule has 3 aromatic carbocycles. The summed E-state index contributed by atoms with van der Waals surface area (Å²) in [5.74, 6) is -0.672. The standard InChI is InChI=1S/C24H18Br2N2O4/c1-27-22(29)18(23(30)28(2)24(27)31)10-14-11-19(25)21(20(26)12-14)32-13-16-8-5-7-15-6-3-4-9-17(15)16/h3-12H,13H2,1-2H3. The minimum Gasteiger partial charge on any atom is -0.487 e. The van der Waals surface area contributed by atoms with Crippen LogP contribution in [0.2, 0.25) is 0 Å². The maximum atomic E-state index is 12.4. The van der Waals surface area contributed by atoms with Gasteiger partial charge in [0.15, 0.2) is 0 Å². The van der Waals surface area contributed by atoms with E-state index < -0.39 is 17.8 Å². The van der Waals surface area contributed by atoms with Gasteiger partial charge in [-0.25, -0.2) is 4.79 Å². The number of fused-ring (bicyclic) bond motifs is 1. The van der Waals surface area contributed by atoms with Crippen molar-refractivity contribution in [2.75, 3.05) is 14.1 Å². The number of rotatable bonds is 4. The Balaban J connectivity index is 1.61. The number of ether oxygens (including phenoxy) is 1. The molecule has 1 fully saturated rings. The molecular weight excluding hydrogens is 540 g/mol. The summed E-state index contributed by atoms with van der Waals surface area (Å²) in [6.07, 6.45) is 1.47. The van der Waals surface area contributed by atoms with Gasteiger partial charge in [0.05, 0.1) is 8.95 Å². The van der Waals surface area contributed by atoms with E-state index in [0.29, 0.717) is 26.9 Å². The van der Waals surface area contributed by atoms with Gasteiger partial charge in [-0.1, -0.05) is 42.5 Å². The van der Waals surface area contributed by atoms with Crippen molar-refractivity contribution < 1.29 is 19.1 Å². The maximum absolute atomic E-state index is 12.4. The van der Waals surface area contributed by atoms with E-state index in [9.17, 15) is 14.4 Å². The van der Waals surface area contributed by atoms with Gasteiger partial charge in [0.25, 0.3) is 11.8 Å². The number of carbonyl (C=O) groups excluding carboxylic acids is 3. The van der Waals surface area contributed by atoms with Gasteiger partial charge in [-0.3, -0.25) is 19.4 Å². The number of hydrogen-bond acceptors (Lipinski definition) is 4. The van der Waals surface area contributed by atoms with Crippen molar-refractivity contribution in [1.29, 1.82) is 0 Å². The normalized spacial score (nSPS) is 14.4. The third-order valence-electron chi connectivity index (χ3n) is 5.23. The van der Waals surface area contributed by atoms with Gasteiger partial charge in [0.1, 0.15) is 17.9 Å². The fourth-order valence-corrected chi connectivity index (χ4v) is 4.96. The van der Waals surface area contributed by atoms with E-state index in [1.807, 2.05) is 24.3 Å². The van der Waals surface area contributed by atoms with Gasteiger partial charge in [0, 0.05) is 14.1 Å². The van der Waals surface area contributed by atoms with Crippen molar-refractivity contribution in [3.05, 3.63) is 80.2 Å². The van der Waals surface area contributed by atoms with E-state index in [0.717, 1.165) is 26.1 Å². The Morgan fingerprint density at radius 1 is 0.875 bits per heavy atom. The Hall–Kier alpha value is -2.97. The fraction of sp³-hybridized carbons (Fsp3) is 0.125. The van der Waals surface area contributed by atoms with Crippen LogP contribution < -0.4 is 4.74 Å². The van der Waals surface area contributed by atoms with E-state index in [4.69, 9.17) is 4.74 Å². The number of amides is 4. The van der Waals surface area contributed by atoms with Crippen molar-refractivity contribution >= 4 is 66.6 Å². The number of hydrogen-bond donors (Lipinski definition) is 0. The molecule has 1 aliphatic heterocycles. The summed E-state index contributed by atoms with van der Waals surface area (Å²) in [6.45, 7) is 0.369. The van der Waals surface area contributed by atoms with Crippen molar-refractivity contribution in [2.24, 2.45) is 0 Å². The van der Waals surface area contributed by atoms with Crippen LogP contribution in [0.25, 0.3) is 16.8 Å². The molecule has 0 atom stereocenters. The first-order valence-electron chi connectivity index (χ1n) is 9.68. The smallest absolute Gasteiger partial charge is 0.333 e. The van der Waals surface area contributed by atoms with Gasteiger partial charge in [-0.05, 0) is 72.0 Å². The Kier molecular flexibility index (Phi) is 6.17. The summed E-state index contributed by atoms with van der Waals surface area (Å²) in [6, 6.07) is 17.1. The lowest BCUT2D eigenvalue weighted by atomic mass is 10.1. The predicted molar refractivity (Wildman–Crippen MR) is 129 cm³/mol. The summed E-state index contributed by atoms with van der Waals surface area (Å²) in [7, 11) is 2.69. The number of urea groups is 1. The lowest BCUT2D eigenvalue weighted by Gasteiger charge is -2.28. The summed E-state index contributed by atoms with van der Waals surface area (Å²) in [5.41, 5.74) is 1.58. The molecule has 4 amide bonds. The number of carbonyl (C=O) groups is 3. The topological polar surface area (TPSA) is 66.9 Å². The van der Waals surface area contributed by atoms with E-state index >= 15 is 0 Å². The first kappa shape index (κ1) is 22.2. The fourth-order valence-electron chi connectivity index (χ4n) is 3.51. The molecule has 0 spiro atoms. The minimum absolute atomic E-state index is 0.0853. The molecule has 8 heteroatoms. The summed E-state index contributed by atoms with van der Waals surface area (Å²) < 4.78 is 7.41. The van der Waals surface area contributed by atoms with Crippen molar-refractivity contribution in [2.45, 2.75) is 6.61 Å². The highest BCUT2D eigenvalue weighted by molar-refractivity contribution is 9.11. The van der Waals surface area contributed by atoms with Gasteiger partial charge >= 0.3 is 6.03 Å². The van der Waals surface area contributed by atoms with Crippen LogP contribution >= 0.6 is 31.9 Å². The monoisotopic (exact) mass is 556 g/mol. The zero-order valence-electron chi connectivity index (χ0n) is 17.3. The van der Waals surface area contributed by atoms with Crippen LogP contribution in [0.3, 0.4) is 0 Å². The number of barbiturate groups is 1. The second-order valence-electron chi connectivity index (χ2n) is 7.31. The van der Waals surface area contributed by atoms with Gasteiger partial charge < -0.3 is 4.74 Å². The maximum Gasteiger partial charge on any atom is 0.333 e. The Labute approximate surface area is 201 Å². The van der Waals surface area contributed by atoms with Crippen LogP contribution in [-0.4, -0.2) is 41.7 Å². The number of nitrogens with zero attached hydrogens (tertiary/aromatic N) is 2. The Morgan fingerprint density at radius 2 is 1.47 bits per heavy atom. The molecule has 0 radical (unpaired) electrons. The van der Waals surface area contributed by atoms with Gasteiger partial charge in [-0.15, -0.1) is 0 Å². The molecule has 0 N–H and O–H groups in total. The molecule has 1 aliphatic rings. The summed E-state index contributed by atoms with van der Waals surface area (Å²) >= 11 is 7.04. The zero-order valence-corrected chi connectivity index (χ0v) is 20.4. The van der Waals surface area contributed by atoms with Crippen molar-refractivity contribution in [1.82, 2.24) is 9.80 Å². The van der Waals surface area contributed by atoms with Crippen molar-refractivity contribution in [3.8, 4) is 5.75 Å². The van der Waals surface area contributed by atoms with Crippen LogP contribution in [0, 0.1) is 0 Å². The van der Waals surface area contributed by atoms with E-state index in [1.165, 1.54) is 20.2 Å². The molecule has 1 heterocycles. The molecule has 0 aromatic heterocycles. The molecule has 0 saturated carbocycles. The second-order valence-corrected chi connectivity index (χ2v) is 9.02. The Bertz CT molecular complexity index is 1250. The minimum atomic E-state index is -0.656. The zero-order chi connectivity index (χ0) is 23.0. The lowest BCUT2D eigenvalue weighted by molar-refractivity contribution is -0.134. The highest BCUT2D eigenvalue weighted by Crippen LogP contribution is 2.36. The first-order valence-corrected chi connectivity index (χ1v) is 11.3. The predicted octanol–water partition coefficient (Wildman–Crippen LogP) is 5.38. The molecule has 0 bridgehead atoms. The number of benzene rings is 3. The molecule has 3 aromatic rings. The van der Waals surface area contributed by atoms with Crippen molar-refractivity contribution in [3.63, 3.8) is 0 Å². The quantitative estimate of drug-likeness (QED) is 0.319. The van der Waals surface area contributed by atoms with Crippen LogP contribution in [-0.2, 0) is 16.2 Å². The van der Waals surface area contributed by atoms with E-state index in [-0.39, 0.29) is 5.57 Å². The summed E-state index contributed by atoms with van der Waals surface area (Å²) in [4.78, 5) is 38.6. The Morgan fingerprint density at radius 3 is 2.12 bits per heavy atom. The molecular formula is C24H18Br2N2O4. The second kappa shape index (κ2) is 8.88. The number of likely N-dealkylation sites (N-methyl/N-ethyl adjacent to an activating group) is 2. The van der Waals surface area contributed by atoms with Gasteiger partial charge in [-0.2, -0.15) is 0 Å². The molecule has 162 valence electrons. The molecule has 6 nitrogen and oxygen atoms in total. The average molecular weight is 558 g/mol. The van der Waals surface area contributed by atoms with Crippen LogP contribution in [0.4, 0.5) is 4.79 Å². The third kappa shape index (κ3) is 4.08. The molecule has 32 heavy (non-hydrogen) atoms. The van der Waals surface area contributed by atoms with E-state index in [1.54, 1.807) is 12.1 Å². The summed E-state index contributed by atoms with van der Waals surface area (Å²) in [5, 5.41) is 2.27. The molecule has 4 rings (SSSR count). The average Bonchev–Trinajstić information content (AvgIpc) is 2.79. The lowest BCUT2D eigenvalue weighted by Crippen LogP contribution is -2.52. The number of halogens is 2. The largest absolute Gasteiger partial charge is 0.487 e. The third-order valence-corrected chi connectivity index (χ3v) is 6.41. The first-order chi connectivity index (χ1) is 15.3. The number of imide groups is 2. The van der Waals surface area contributed by atoms with Gasteiger partial charge in [0.2, 0.25) is 0 Å². The highest BCUT2D eigenvalue weighted by Gasteiger charge is 2.37. The van der Waals surface area contributed by atoms with Crippen LogP contribution in [0.1, 0.15) is 11.1 Å². The van der Waals surface area contributed by atoms with E-state index in [2.05, 4.69) is 50.1 Å². The SMILES string of the molecule is CN1C(=O)C(=Cc2cc(Br)c(OCc3cccc4ccccc34)c(Br)c2)C(=O)N(C)C1=O. The molecule has 0 aliphatic carbocycles. The van der Waals surface area contributed by atoms with Crippen LogP contribution in [0.15, 0.2) is 69.1 Å². The molecule has 1 saturated heterocycles.